The minimum atomic E-state index is 0.0240. The van der Waals surface area contributed by atoms with E-state index in [0.29, 0.717) is 13.0 Å². The van der Waals surface area contributed by atoms with Crippen LogP contribution in [0.25, 0.3) is 10.9 Å². The second kappa shape index (κ2) is 10.4. The summed E-state index contributed by atoms with van der Waals surface area (Å²) >= 11 is 1.73. The number of aromatic nitrogens is 1. The van der Waals surface area contributed by atoms with Crippen molar-refractivity contribution in [3.63, 3.8) is 0 Å². The highest BCUT2D eigenvalue weighted by Gasteiger charge is 2.20. The molecule has 0 saturated heterocycles. The highest BCUT2D eigenvalue weighted by Crippen LogP contribution is 2.39. The van der Waals surface area contributed by atoms with Crippen molar-refractivity contribution in [2.45, 2.75) is 29.3 Å². The molecular formula is C30H26N2OS. The van der Waals surface area contributed by atoms with Gasteiger partial charge in [0.2, 0.25) is 5.91 Å². The lowest BCUT2D eigenvalue weighted by molar-refractivity contribution is -0.120. The molecule has 0 aliphatic carbocycles. The monoisotopic (exact) mass is 462 g/mol. The van der Waals surface area contributed by atoms with Crippen LogP contribution in [-0.2, 0) is 24.3 Å². The fourth-order valence-electron chi connectivity index (χ4n) is 4.18. The van der Waals surface area contributed by atoms with Gasteiger partial charge in [-0.15, -0.1) is 0 Å². The molecule has 0 aliphatic heterocycles. The molecule has 0 atom stereocenters. The quantitative estimate of drug-likeness (QED) is 0.278. The van der Waals surface area contributed by atoms with E-state index in [1.54, 1.807) is 11.8 Å². The molecule has 0 bridgehead atoms. The predicted molar refractivity (Wildman–Crippen MR) is 140 cm³/mol. The van der Waals surface area contributed by atoms with Crippen LogP contribution >= 0.6 is 11.8 Å². The number of rotatable bonds is 8. The van der Waals surface area contributed by atoms with Crippen molar-refractivity contribution >= 4 is 28.6 Å². The Labute approximate surface area is 204 Å². The van der Waals surface area contributed by atoms with Gasteiger partial charge in [-0.05, 0) is 29.3 Å². The van der Waals surface area contributed by atoms with Gasteiger partial charge in [-0.1, -0.05) is 109 Å². The third-order valence-corrected chi connectivity index (χ3v) is 7.00. The maximum Gasteiger partial charge on any atom is 0.226 e. The van der Waals surface area contributed by atoms with Crippen LogP contribution in [0.5, 0.6) is 0 Å². The number of carbonyl (C=O) groups excluding carboxylic acids is 1. The number of hydrogen-bond acceptors (Lipinski definition) is 2. The molecule has 1 heterocycles. The average molecular weight is 463 g/mol. The molecular weight excluding hydrogens is 436 g/mol. The van der Waals surface area contributed by atoms with Crippen molar-refractivity contribution in [3.8, 4) is 0 Å². The average Bonchev–Trinajstić information content (AvgIpc) is 3.16. The Bertz CT molecular complexity index is 1300. The first-order valence-electron chi connectivity index (χ1n) is 11.5. The van der Waals surface area contributed by atoms with Gasteiger partial charge in [-0.25, -0.2) is 0 Å². The van der Waals surface area contributed by atoms with Crippen LogP contribution in [-0.4, -0.2) is 10.5 Å². The maximum atomic E-state index is 13.1. The van der Waals surface area contributed by atoms with E-state index in [1.807, 2.05) is 42.5 Å². The molecule has 1 N–H and O–H groups in total. The molecule has 4 aromatic carbocycles. The summed E-state index contributed by atoms with van der Waals surface area (Å²) in [5.41, 5.74) is 4.50. The second-order valence-corrected chi connectivity index (χ2v) is 9.30. The van der Waals surface area contributed by atoms with Crippen molar-refractivity contribution < 1.29 is 4.79 Å². The van der Waals surface area contributed by atoms with Gasteiger partial charge in [0.25, 0.3) is 0 Å². The summed E-state index contributed by atoms with van der Waals surface area (Å²) in [7, 11) is 0. The van der Waals surface area contributed by atoms with Gasteiger partial charge in [0.05, 0.1) is 6.42 Å². The number of para-hydroxylation sites is 1. The van der Waals surface area contributed by atoms with Gasteiger partial charge in [-0.2, -0.15) is 0 Å². The van der Waals surface area contributed by atoms with Crippen LogP contribution in [0, 0.1) is 0 Å². The fraction of sp³-hybridized carbons (Fsp3) is 0.100. The van der Waals surface area contributed by atoms with E-state index in [-0.39, 0.29) is 5.91 Å². The van der Waals surface area contributed by atoms with Gasteiger partial charge in [0.15, 0.2) is 0 Å². The SMILES string of the molecule is O=C(Cc1c(Sc2ccccc2)c2ccccc2n1Cc1ccccc1)NCc1ccccc1. The van der Waals surface area contributed by atoms with Crippen molar-refractivity contribution in [2.75, 3.05) is 0 Å². The maximum absolute atomic E-state index is 13.1. The van der Waals surface area contributed by atoms with Gasteiger partial charge < -0.3 is 9.88 Å². The largest absolute Gasteiger partial charge is 0.352 e. The van der Waals surface area contributed by atoms with Crippen LogP contribution in [0.4, 0.5) is 0 Å². The van der Waals surface area contributed by atoms with Crippen molar-refractivity contribution in [1.82, 2.24) is 9.88 Å². The molecule has 0 radical (unpaired) electrons. The minimum absolute atomic E-state index is 0.0240. The first kappa shape index (κ1) is 22.1. The predicted octanol–water partition coefficient (Wildman–Crippen LogP) is 6.70. The van der Waals surface area contributed by atoms with E-state index in [9.17, 15) is 4.79 Å². The summed E-state index contributed by atoms with van der Waals surface area (Å²) in [6, 6.07) is 39.3. The molecule has 3 nitrogen and oxygen atoms in total. The number of nitrogens with one attached hydrogen (secondary N) is 1. The number of amides is 1. The van der Waals surface area contributed by atoms with E-state index >= 15 is 0 Å². The molecule has 0 saturated carbocycles. The van der Waals surface area contributed by atoms with Crippen molar-refractivity contribution in [1.29, 1.82) is 0 Å². The summed E-state index contributed by atoms with van der Waals surface area (Å²) in [6.07, 6.45) is 0.323. The topological polar surface area (TPSA) is 34.0 Å². The molecule has 0 fully saturated rings. The lowest BCUT2D eigenvalue weighted by atomic mass is 10.2. The minimum Gasteiger partial charge on any atom is -0.352 e. The highest BCUT2D eigenvalue weighted by atomic mass is 32.2. The molecule has 1 amide bonds. The Morgan fingerprint density at radius 2 is 1.29 bits per heavy atom. The Morgan fingerprint density at radius 1 is 0.706 bits per heavy atom. The zero-order chi connectivity index (χ0) is 23.2. The van der Waals surface area contributed by atoms with Crippen molar-refractivity contribution in [2.24, 2.45) is 0 Å². The Hall–Kier alpha value is -3.76. The Kier molecular flexibility index (Phi) is 6.78. The number of carbonyl (C=O) groups is 1. The standard InChI is InChI=1S/C30H26N2OS/c33-29(31-21-23-12-4-1-5-13-23)20-28-30(34-25-16-8-3-9-17-25)26-18-10-11-19-27(26)32(28)22-24-14-6-2-7-15-24/h1-19H,20-22H2,(H,31,33). The fourth-order valence-corrected chi connectivity index (χ4v) is 5.29. The van der Waals surface area contributed by atoms with E-state index in [0.717, 1.165) is 33.1 Å². The lowest BCUT2D eigenvalue weighted by Gasteiger charge is -2.13. The van der Waals surface area contributed by atoms with Crippen LogP contribution in [0.2, 0.25) is 0 Å². The van der Waals surface area contributed by atoms with Gasteiger partial charge in [0, 0.05) is 39.5 Å². The molecule has 0 aliphatic rings. The molecule has 4 heteroatoms. The molecule has 5 aromatic rings. The van der Waals surface area contributed by atoms with Crippen molar-refractivity contribution in [3.05, 3.63) is 132 Å². The number of fused-ring (bicyclic) bond motifs is 1. The molecule has 168 valence electrons. The molecule has 34 heavy (non-hydrogen) atoms. The zero-order valence-electron chi connectivity index (χ0n) is 18.9. The molecule has 0 spiro atoms. The summed E-state index contributed by atoms with van der Waals surface area (Å²) in [5, 5.41) is 4.29. The molecule has 1 aromatic heterocycles. The third kappa shape index (κ3) is 5.08. The van der Waals surface area contributed by atoms with Crippen LogP contribution < -0.4 is 5.32 Å². The summed E-state index contributed by atoms with van der Waals surface area (Å²) < 4.78 is 2.30. The Balaban J connectivity index is 1.53. The van der Waals surface area contributed by atoms with E-state index < -0.39 is 0 Å². The second-order valence-electron chi connectivity index (χ2n) is 8.22. The summed E-state index contributed by atoms with van der Waals surface area (Å²) in [5.74, 6) is 0.0240. The zero-order valence-corrected chi connectivity index (χ0v) is 19.7. The highest BCUT2D eigenvalue weighted by molar-refractivity contribution is 7.99. The number of hydrogen-bond donors (Lipinski definition) is 1. The van der Waals surface area contributed by atoms with Gasteiger partial charge in [-0.3, -0.25) is 4.79 Å². The normalized spacial score (nSPS) is 10.9. The van der Waals surface area contributed by atoms with E-state index in [1.165, 1.54) is 10.9 Å². The van der Waals surface area contributed by atoms with Crippen LogP contribution in [0.1, 0.15) is 16.8 Å². The Morgan fingerprint density at radius 3 is 2.00 bits per heavy atom. The van der Waals surface area contributed by atoms with Crippen LogP contribution in [0.15, 0.2) is 125 Å². The lowest BCUT2D eigenvalue weighted by Crippen LogP contribution is -2.26. The first-order chi connectivity index (χ1) is 16.8. The molecule has 0 unspecified atom stereocenters. The smallest absolute Gasteiger partial charge is 0.226 e. The summed E-state index contributed by atoms with van der Waals surface area (Å²) in [6.45, 7) is 1.25. The molecule has 5 rings (SSSR count). The van der Waals surface area contributed by atoms with Gasteiger partial charge >= 0.3 is 0 Å². The summed E-state index contributed by atoms with van der Waals surface area (Å²) in [4.78, 5) is 15.4. The van der Waals surface area contributed by atoms with Gasteiger partial charge in [0.1, 0.15) is 0 Å². The van der Waals surface area contributed by atoms with E-state index in [2.05, 4.69) is 82.7 Å². The third-order valence-electron chi connectivity index (χ3n) is 5.83. The first-order valence-corrected chi connectivity index (χ1v) is 12.3. The van der Waals surface area contributed by atoms with Crippen LogP contribution in [0.3, 0.4) is 0 Å². The number of benzene rings is 4. The van der Waals surface area contributed by atoms with E-state index in [4.69, 9.17) is 0 Å². The number of nitrogens with zero attached hydrogens (tertiary/aromatic N) is 1.